The van der Waals surface area contributed by atoms with Gasteiger partial charge in [0.2, 0.25) is 0 Å². The monoisotopic (exact) mass is 251 g/mol. The Morgan fingerprint density at radius 3 is 2.68 bits per heavy atom. The van der Waals surface area contributed by atoms with E-state index in [1.807, 2.05) is 6.92 Å². The Bertz CT molecular complexity index is 665. The van der Waals surface area contributed by atoms with Crippen molar-refractivity contribution in [1.29, 1.82) is 0 Å². The van der Waals surface area contributed by atoms with Gasteiger partial charge in [0, 0.05) is 5.56 Å². The van der Waals surface area contributed by atoms with Crippen molar-refractivity contribution in [3.8, 4) is 0 Å². The number of amidine groups is 2. The van der Waals surface area contributed by atoms with Crippen molar-refractivity contribution in [3.05, 3.63) is 48.0 Å². The van der Waals surface area contributed by atoms with Crippen LogP contribution in [0.1, 0.15) is 25.8 Å². The molecule has 1 aliphatic heterocycles. The summed E-state index contributed by atoms with van der Waals surface area (Å²) in [6.07, 6.45) is 0.961. The maximum absolute atomic E-state index is 4.69. The molecule has 1 heterocycles. The van der Waals surface area contributed by atoms with Crippen LogP contribution in [0, 0.1) is 0 Å². The fourth-order valence-electron chi connectivity index (χ4n) is 2.39. The SMILES string of the molecule is CCC1N=C(C)NC(c2cccc3ccccc23)=N1. The highest BCUT2D eigenvalue weighted by atomic mass is 15.2. The van der Waals surface area contributed by atoms with Gasteiger partial charge < -0.3 is 5.32 Å². The molecular formula is C16H17N3. The summed E-state index contributed by atoms with van der Waals surface area (Å²) in [5.74, 6) is 1.86. The zero-order valence-corrected chi connectivity index (χ0v) is 11.2. The van der Waals surface area contributed by atoms with Gasteiger partial charge in [-0.15, -0.1) is 0 Å². The molecule has 2 aromatic carbocycles. The summed E-state index contributed by atoms with van der Waals surface area (Å²) in [5, 5.41) is 5.75. The van der Waals surface area contributed by atoms with Crippen LogP contribution < -0.4 is 5.32 Å². The molecule has 0 saturated heterocycles. The number of benzene rings is 2. The average molecular weight is 251 g/mol. The largest absolute Gasteiger partial charge is 0.329 e. The van der Waals surface area contributed by atoms with E-state index in [1.165, 1.54) is 10.8 Å². The number of hydrogen-bond acceptors (Lipinski definition) is 3. The molecule has 0 fully saturated rings. The summed E-state index contributed by atoms with van der Waals surface area (Å²) in [4.78, 5) is 9.16. The van der Waals surface area contributed by atoms with Crippen LogP contribution in [0.2, 0.25) is 0 Å². The quantitative estimate of drug-likeness (QED) is 0.873. The van der Waals surface area contributed by atoms with Gasteiger partial charge in [-0.2, -0.15) is 0 Å². The van der Waals surface area contributed by atoms with Crippen LogP contribution in [-0.2, 0) is 0 Å². The van der Waals surface area contributed by atoms with Gasteiger partial charge in [0.05, 0.1) is 0 Å². The van der Waals surface area contributed by atoms with E-state index in [2.05, 4.69) is 64.7 Å². The predicted molar refractivity (Wildman–Crippen MR) is 80.8 cm³/mol. The molecule has 0 saturated carbocycles. The summed E-state index contributed by atoms with van der Waals surface area (Å²) in [6, 6.07) is 14.7. The zero-order valence-electron chi connectivity index (χ0n) is 11.2. The molecule has 0 bridgehead atoms. The first kappa shape index (κ1) is 11.9. The van der Waals surface area contributed by atoms with Crippen LogP contribution in [0.4, 0.5) is 0 Å². The maximum Gasteiger partial charge on any atom is 0.143 e. The van der Waals surface area contributed by atoms with E-state index in [4.69, 9.17) is 0 Å². The number of hydrogen-bond donors (Lipinski definition) is 1. The van der Waals surface area contributed by atoms with Gasteiger partial charge in [0.1, 0.15) is 17.8 Å². The lowest BCUT2D eigenvalue weighted by Gasteiger charge is -2.20. The Morgan fingerprint density at radius 2 is 1.84 bits per heavy atom. The Balaban J connectivity index is 2.12. The minimum atomic E-state index is 0.0372. The first-order chi connectivity index (χ1) is 9.28. The number of nitrogens with zero attached hydrogens (tertiary/aromatic N) is 2. The van der Waals surface area contributed by atoms with Crippen LogP contribution in [0.3, 0.4) is 0 Å². The summed E-state index contributed by atoms with van der Waals surface area (Å²) >= 11 is 0. The molecule has 19 heavy (non-hydrogen) atoms. The van der Waals surface area contributed by atoms with E-state index >= 15 is 0 Å². The minimum absolute atomic E-state index is 0.0372. The molecule has 0 amide bonds. The van der Waals surface area contributed by atoms with Crippen LogP contribution in [-0.4, -0.2) is 17.8 Å². The van der Waals surface area contributed by atoms with Crippen molar-refractivity contribution in [2.45, 2.75) is 26.4 Å². The molecule has 1 N–H and O–H groups in total. The Kier molecular flexibility index (Phi) is 3.03. The molecule has 2 aromatic rings. The van der Waals surface area contributed by atoms with Crippen molar-refractivity contribution in [2.24, 2.45) is 9.98 Å². The van der Waals surface area contributed by atoms with Gasteiger partial charge in [-0.3, -0.25) is 0 Å². The minimum Gasteiger partial charge on any atom is -0.329 e. The normalized spacial score (nSPS) is 18.7. The van der Waals surface area contributed by atoms with Crippen molar-refractivity contribution >= 4 is 22.4 Å². The Labute approximate surface area is 113 Å². The van der Waals surface area contributed by atoms with Crippen LogP contribution in [0.15, 0.2) is 52.4 Å². The molecule has 1 atom stereocenters. The van der Waals surface area contributed by atoms with E-state index < -0.39 is 0 Å². The zero-order chi connectivity index (χ0) is 13.2. The molecule has 0 aromatic heterocycles. The van der Waals surface area contributed by atoms with Gasteiger partial charge in [-0.1, -0.05) is 49.4 Å². The van der Waals surface area contributed by atoms with Gasteiger partial charge in [0.25, 0.3) is 0 Å². The van der Waals surface area contributed by atoms with E-state index in [9.17, 15) is 0 Å². The van der Waals surface area contributed by atoms with Crippen molar-refractivity contribution < 1.29 is 0 Å². The first-order valence-corrected chi connectivity index (χ1v) is 6.65. The molecule has 0 aliphatic carbocycles. The third-order valence-corrected chi connectivity index (χ3v) is 3.33. The van der Waals surface area contributed by atoms with Crippen molar-refractivity contribution in [2.75, 3.05) is 0 Å². The smallest absolute Gasteiger partial charge is 0.143 e. The highest BCUT2D eigenvalue weighted by molar-refractivity contribution is 6.16. The van der Waals surface area contributed by atoms with Crippen LogP contribution in [0.25, 0.3) is 10.8 Å². The van der Waals surface area contributed by atoms with Gasteiger partial charge in [-0.25, -0.2) is 9.98 Å². The molecular weight excluding hydrogens is 234 g/mol. The van der Waals surface area contributed by atoms with E-state index in [0.29, 0.717) is 0 Å². The van der Waals surface area contributed by atoms with Gasteiger partial charge in [0.15, 0.2) is 0 Å². The van der Waals surface area contributed by atoms with E-state index in [1.54, 1.807) is 0 Å². The third-order valence-electron chi connectivity index (χ3n) is 3.33. The standard InChI is InChI=1S/C16H17N3/c1-3-15-17-11(2)18-16(19-15)14-10-6-8-12-7-4-5-9-13(12)14/h4-10,15H,3H2,1-2H3,(H,17,18,19). The maximum atomic E-state index is 4.69. The highest BCUT2D eigenvalue weighted by Crippen LogP contribution is 2.20. The molecule has 1 unspecified atom stereocenters. The first-order valence-electron chi connectivity index (χ1n) is 6.65. The lowest BCUT2D eigenvalue weighted by Crippen LogP contribution is -2.35. The summed E-state index contributed by atoms with van der Waals surface area (Å²) in [6.45, 7) is 4.10. The fraction of sp³-hybridized carbons (Fsp3) is 0.250. The van der Waals surface area contributed by atoms with E-state index in [-0.39, 0.29) is 6.17 Å². The second-order valence-electron chi connectivity index (χ2n) is 4.73. The van der Waals surface area contributed by atoms with Gasteiger partial charge >= 0.3 is 0 Å². The Morgan fingerprint density at radius 1 is 1.05 bits per heavy atom. The molecule has 0 spiro atoms. The number of rotatable bonds is 2. The molecule has 3 rings (SSSR count). The highest BCUT2D eigenvalue weighted by Gasteiger charge is 2.15. The molecule has 0 radical (unpaired) electrons. The second-order valence-corrected chi connectivity index (χ2v) is 4.73. The topological polar surface area (TPSA) is 36.8 Å². The number of fused-ring (bicyclic) bond motifs is 1. The third kappa shape index (κ3) is 2.24. The number of aliphatic imine (C=N–C) groups is 2. The lowest BCUT2D eigenvalue weighted by atomic mass is 10.0. The predicted octanol–water partition coefficient (Wildman–Crippen LogP) is 3.34. The summed E-state index contributed by atoms with van der Waals surface area (Å²) < 4.78 is 0. The Hall–Kier alpha value is -2.16. The fourth-order valence-corrected chi connectivity index (χ4v) is 2.39. The molecule has 3 heteroatoms. The summed E-state index contributed by atoms with van der Waals surface area (Å²) in [5.41, 5.74) is 1.14. The molecule has 1 aliphatic rings. The molecule has 96 valence electrons. The van der Waals surface area contributed by atoms with Gasteiger partial charge in [-0.05, 0) is 24.1 Å². The summed E-state index contributed by atoms with van der Waals surface area (Å²) in [7, 11) is 0. The lowest BCUT2D eigenvalue weighted by molar-refractivity contribution is 0.672. The number of nitrogens with one attached hydrogen (secondary N) is 1. The molecule has 3 nitrogen and oxygen atoms in total. The van der Waals surface area contributed by atoms with Crippen molar-refractivity contribution in [1.82, 2.24) is 5.32 Å². The van der Waals surface area contributed by atoms with Crippen LogP contribution >= 0.6 is 0 Å². The second kappa shape index (κ2) is 4.84. The van der Waals surface area contributed by atoms with E-state index in [0.717, 1.165) is 23.7 Å². The van der Waals surface area contributed by atoms with Crippen LogP contribution in [0.5, 0.6) is 0 Å². The average Bonchev–Trinajstić information content (AvgIpc) is 2.46. The van der Waals surface area contributed by atoms with Crippen molar-refractivity contribution in [3.63, 3.8) is 0 Å².